The van der Waals surface area contributed by atoms with E-state index < -0.39 is 5.91 Å². The summed E-state index contributed by atoms with van der Waals surface area (Å²) in [5.74, 6) is 0.117. The Bertz CT molecular complexity index is 1140. The summed E-state index contributed by atoms with van der Waals surface area (Å²) in [5.41, 5.74) is 8.52. The standard InChI is InChI=1S/C21H19N5O2/c22-20(28)15-12-23-21(24-13-15)25-18-5-2-6-19-17(18)8-10-26(19)9-7-14-3-1-4-16(27)11-14/h1-6,8,10-13,27H,7,9H2,(H2,22,28)(H,23,24,25). The Balaban J connectivity index is 1.55. The predicted octanol–water partition coefficient (Wildman–Crippen LogP) is 3.22. The van der Waals surface area contributed by atoms with Crippen molar-refractivity contribution < 1.29 is 9.90 Å². The van der Waals surface area contributed by atoms with Crippen LogP contribution in [-0.4, -0.2) is 25.5 Å². The zero-order valence-corrected chi connectivity index (χ0v) is 15.0. The van der Waals surface area contributed by atoms with Gasteiger partial charge in [-0.15, -0.1) is 0 Å². The first-order chi connectivity index (χ1) is 13.6. The van der Waals surface area contributed by atoms with Crippen LogP contribution in [0.4, 0.5) is 11.6 Å². The number of hydrogen-bond donors (Lipinski definition) is 3. The van der Waals surface area contributed by atoms with Gasteiger partial charge in [0.15, 0.2) is 0 Å². The third-order valence-corrected chi connectivity index (χ3v) is 4.55. The first kappa shape index (κ1) is 17.5. The van der Waals surface area contributed by atoms with E-state index in [1.54, 1.807) is 12.1 Å². The lowest BCUT2D eigenvalue weighted by molar-refractivity contribution is 0.0999. The first-order valence-corrected chi connectivity index (χ1v) is 8.85. The van der Waals surface area contributed by atoms with Gasteiger partial charge in [-0.2, -0.15) is 0 Å². The maximum atomic E-state index is 11.1. The molecule has 4 aromatic rings. The Morgan fingerprint density at radius 3 is 2.64 bits per heavy atom. The number of anilines is 2. The molecule has 7 nitrogen and oxygen atoms in total. The second-order valence-electron chi connectivity index (χ2n) is 6.45. The van der Waals surface area contributed by atoms with Crippen LogP contribution in [0.15, 0.2) is 67.1 Å². The molecule has 28 heavy (non-hydrogen) atoms. The number of carbonyl (C=O) groups is 1. The van der Waals surface area contributed by atoms with E-state index in [9.17, 15) is 9.90 Å². The summed E-state index contributed by atoms with van der Waals surface area (Å²) in [5, 5.41) is 13.8. The Kier molecular flexibility index (Phi) is 4.63. The molecule has 2 heterocycles. The van der Waals surface area contributed by atoms with E-state index in [1.807, 2.05) is 36.5 Å². The molecule has 0 aliphatic carbocycles. The van der Waals surface area contributed by atoms with Gasteiger partial charge in [0, 0.05) is 30.5 Å². The fourth-order valence-corrected chi connectivity index (χ4v) is 3.13. The highest BCUT2D eigenvalue weighted by molar-refractivity contribution is 5.94. The maximum Gasteiger partial charge on any atom is 0.251 e. The largest absolute Gasteiger partial charge is 0.508 e. The number of benzene rings is 2. The number of aromatic nitrogens is 3. The van der Waals surface area contributed by atoms with E-state index in [0.29, 0.717) is 5.95 Å². The molecule has 0 atom stereocenters. The molecule has 0 bridgehead atoms. The summed E-state index contributed by atoms with van der Waals surface area (Å²) in [6.45, 7) is 0.792. The van der Waals surface area contributed by atoms with Crippen LogP contribution in [0, 0.1) is 0 Å². The Morgan fingerprint density at radius 1 is 1.11 bits per heavy atom. The average Bonchev–Trinajstić information content (AvgIpc) is 3.11. The van der Waals surface area contributed by atoms with E-state index >= 15 is 0 Å². The van der Waals surface area contributed by atoms with E-state index in [-0.39, 0.29) is 11.3 Å². The van der Waals surface area contributed by atoms with E-state index in [0.717, 1.165) is 35.1 Å². The molecular weight excluding hydrogens is 354 g/mol. The molecule has 0 radical (unpaired) electrons. The SMILES string of the molecule is NC(=O)c1cnc(Nc2cccc3c2ccn3CCc2cccc(O)c2)nc1. The van der Waals surface area contributed by atoms with Gasteiger partial charge in [0.2, 0.25) is 5.95 Å². The number of phenolic OH excluding ortho intramolecular Hbond substituents is 1. The fourth-order valence-electron chi connectivity index (χ4n) is 3.13. The Morgan fingerprint density at radius 2 is 1.89 bits per heavy atom. The van der Waals surface area contributed by atoms with Crippen molar-refractivity contribution in [3.8, 4) is 5.75 Å². The van der Waals surface area contributed by atoms with Crippen molar-refractivity contribution >= 4 is 28.4 Å². The third-order valence-electron chi connectivity index (χ3n) is 4.55. The van der Waals surface area contributed by atoms with Crippen LogP contribution in [0.2, 0.25) is 0 Å². The van der Waals surface area contributed by atoms with Crippen LogP contribution in [0.25, 0.3) is 10.9 Å². The highest BCUT2D eigenvalue weighted by Gasteiger charge is 2.08. The number of aromatic hydroxyl groups is 1. The van der Waals surface area contributed by atoms with Gasteiger partial charge in [0.25, 0.3) is 5.91 Å². The smallest absolute Gasteiger partial charge is 0.251 e. The lowest BCUT2D eigenvalue weighted by Gasteiger charge is -2.09. The zero-order chi connectivity index (χ0) is 19.5. The molecular formula is C21H19N5O2. The summed E-state index contributed by atoms with van der Waals surface area (Å²) < 4.78 is 2.17. The van der Waals surface area contributed by atoms with E-state index in [1.165, 1.54) is 12.4 Å². The maximum absolute atomic E-state index is 11.1. The number of primary amides is 1. The van der Waals surface area contributed by atoms with Crippen molar-refractivity contribution in [2.24, 2.45) is 5.73 Å². The summed E-state index contributed by atoms with van der Waals surface area (Å²) in [7, 11) is 0. The zero-order valence-electron chi connectivity index (χ0n) is 15.0. The molecule has 2 aromatic carbocycles. The molecule has 140 valence electrons. The van der Waals surface area contributed by atoms with Crippen LogP contribution >= 0.6 is 0 Å². The lowest BCUT2D eigenvalue weighted by atomic mass is 10.1. The van der Waals surface area contributed by atoms with Crippen molar-refractivity contribution in [2.45, 2.75) is 13.0 Å². The van der Waals surface area contributed by atoms with Gasteiger partial charge >= 0.3 is 0 Å². The molecule has 0 aliphatic rings. The summed E-state index contributed by atoms with van der Waals surface area (Å²) in [6, 6.07) is 15.3. The van der Waals surface area contributed by atoms with Gasteiger partial charge in [-0.25, -0.2) is 9.97 Å². The number of rotatable bonds is 6. The summed E-state index contributed by atoms with van der Waals surface area (Å²) in [4.78, 5) is 19.4. The molecule has 0 unspecified atom stereocenters. The van der Waals surface area contributed by atoms with Crippen molar-refractivity contribution in [2.75, 3.05) is 5.32 Å². The number of nitrogens with zero attached hydrogens (tertiary/aromatic N) is 3. The number of hydrogen-bond acceptors (Lipinski definition) is 5. The molecule has 4 rings (SSSR count). The van der Waals surface area contributed by atoms with E-state index in [2.05, 4.69) is 25.9 Å². The van der Waals surface area contributed by atoms with Gasteiger partial charge in [-0.3, -0.25) is 4.79 Å². The van der Waals surface area contributed by atoms with Gasteiger partial charge in [-0.05, 0) is 42.3 Å². The van der Waals surface area contributed by atoms with Gasteiger partial charge < -0.3 is 20.7 Å². The predicted molar refractivity (Wildman–Crippen MR) is 108 cm³/mol. The van der Waals surface area contributed by atoms with Crippen molar-refractivity contribution in [1.82, 2.24) is 14.5 Å². The number of nitrogens with one attached hydrogen (secondary N) is 1. The molecule has 2 aromatic heterocycles. The van der Waals surface area contributed by atoms with Crippen LogP contribution in [0.5, 0.6) is 5.75 Å². The van der Waals surface area contributed by atoms with Gasteiger partial charge in [0.1, 0.15) is 5.75 Å². The monoisotopic (exact) mass is 373 g/mol. The molecule has 4 N–H and O–H groups in total. The van der Waals surface area contributed by atoms with Crippen molar-refractivity contribution in [3.05, 3.63) is 78.2 Å². The third kappa shape index (κ3) is 3.64. The number of aryl methyl sites for hydroxylation is 2. The second kappa shape index (κ2) is 7.40. The summed E-state index contributed by atoms with van der Waals surface area (Å²) in [6.07, 6.45) is 5.65. The number of amides is 1. The average molecular weight is 373 g/mol. The molecule has 0 fully saturated rings. The van der Waals surface area contributed by atoms with Crippen LogP contribution in [0.3, 0.4) is 0 Å². The molecule has 0 saturated heterocycles. The second-order valence-corrected chi connectivity index (χ2v) is 6.45. The molecule has 0 aliphatic heterocycles. The van der Waals surface area contributed by atoms with Gasteiger partial charge in [-0.1, -0.05) is 18.2 Å². The number of nitrogens with two attached hydrogens (primary N) is 1. The number of fused-ring (bicyclic) bond motifs is 1. The highest BCUT2D eigenvalue weighted by atomic mass is 16.3. The minimum absolute atomic E-state index is 0.266. The molecule has 7 heteroatoms. The van der Waals surface area contributed by atoms with Crippen molar-refractivity contribution in [1.29, 1.82) is 0 Å². The van der Waals surface area contributed by atoms with Crippen LogP contribution < -0.4 is 11.1 Å². The number of phenols is 1. The number of carbonyl (C=O) groups excluding carboxylic acids is 1. The van der Waals surface area contributed by atoms with Crippen LogP contribution in [0.1, 0.15) is 15.9 Å². The van der Waals surface area contributed by atoms with Gasteiger partial charge in [0.05, 0.1) is 16.8 Å². The highest BCUT2D eigenvalue weighted by Crippen LogP contribution is 2.26. The lowest BCUT2D eigenvalue weighted by Crippen LogP contribution is -2.12. The fraction of sp³-hybridized carbons (Fsp3) is 0.0952. The van der Waals surface area contributed by atoms with Crippen molar-refractivity contribution in [3.63, 3.8) is 0 Å². The molecule has 0 saturated carbocycles. The topological polar surface area (TPSA) is 106 Å². The van der Waals surface area contributed by atoms with E-state index in [4.69, 9.17) is 5.73 Å². The minimum atomic E-state index is -0.558. The molecule has 0 spiro atoms. The minimum Gasteiger partial charge on any atom is -0.508 e. The normalized spacial score (nSPS) is 10.9. The van der Waals surface area contributed by atoms with Crippen LogP contribution in [-0.2, 0) is 13.0 Å². The Labute approximate surface area is 161 Å². The first-order valence-electron chi connectivity index (χ1n) is 8.85. The molecule has 1 amide bonds. The Hall–Kier alpha value is -3.87. The quantitative estimate of drug-likeness (QED) is 0.481. The summed E-state index contributed by atoms with van der Waals surface area (Å²) >= 11 is 0.